The molecule has 210 valence electrons. The van der Waals surface area contributed by atoms with E-state index in [2.05, 4.69) is 11.0 Å². The van der Waals surface area contributed by atoms with Crippen molar-refractivity contribution >= 4 is 5.97 Å². The average molecular weight is 546 g/mol. The fraction of sp³-hybridized carbons (Fsp3) is 0.533. The molecule has 2 saturated heterocycles. The first-order valence-corrected chi connectivity index (χ1v) is 13.6. The number of nitriles is 1. The maximum absolute atomic E-state index is 14.0. The smallest absolute Gasteiger partial charge is 0.391 e. The van der Waals surface area contributed by atoms with Crippen molar-refractivity contribution in [1.29, 1.82) is 5.26 Å². The summed E-state index contributed by atoms with van der Waals surface area (Å²) in [6.07, 6.45) is -0.737. The third-order valence-electron chi connectivity index (χ3n) is 8.26. The molecule has 0 amide bonds. The zero-order valence-electron chi connectivity index (χ0n) is 21.9. The highest BCUT2D eigenvalue weighted by Gasteiger charge is 2.44. The van der Waals surface area contributed by atoms with Gasteiger partial charge in [0.15, 0.2) is 0 Å². The van der Waals surface area contributed by atoms with Crippen molar-refractivity contribution < 1.29 is 27.5 Å². The van der Waals surface area contributed by atoms with Gasteiger partial charge in [-0.15, -0.1) is 0 Å². The second-order valence-electron chi connectivity index (χ2n) is 11.0. The van der Waals surface area contributed by atoms with E-state index in [0.29, 0.717) is 23.6 Å². The van der Waals surface area contributed by atoms with Gasteiger partial charge in [-0.05, 0) is 86.0 Å². The number of rotatable bonds is 10. The molecule has 39 heavy (non-hydrogen) atoms. The summed E-state index contributed by atoms with van der Waals surface area (Å²) in [7, 11) is 0. The maximum atomic E-state index is 14.0. The average Bonchev–Trinajstić information content (AvgIpc) is 3.31. The van der Waals surface area contributed by atoms with Crippen molar-refractivity contribution in [3.8, 4) is 6.07 Å². The lowest BCUT2D eigenvalue weighted by atomic mass is 9.86. The Labute approximate surface area is 227 Å². The van der Waals surface area contributed by atoms with Crippen LogP contribution in [0.2, 0.25) is 0 Å². The van der Waals surface area contributed by atoms with E-state index in [1.165, 1.54) is 22.6 Å². The highest BCUT2D eigenvalue weighted by atomic mass is 19.4. The SMILES string of the molecule is N#Cc1ccc(CCCC2CCN(CC3CN([C@@H](CC(F)(F)F)C(=O)O)CC3c3cccc(F)c3)CC2)cc1. The molecule has 2 fully saturated rings. The second-order valence-corrected chi connectivity index (χ2v) is 11.0. The highest BCUT2D eigenvalue weighted by Crippen LogP contribution is 2.37. The Hall–Kier alpha value is -2.96. The fourth-order valence-electron chi connectivity index (χ4n) is 6.18. The molecule has 4 rings (SSSR count). The number of benzene rings is 2. The van der Waals surface area contributed by atoms with Gasteiger partial charge < -0.3 is 10.0 Å². The third-order valence-corrected chi connectivity index (χ3v) is 8.26. The summed E-state index contributed by atoms with van der Waals surface area (Å²) in [6.45, 7) is 2.82. The van der Waals surface area contributed by atoms with Gasteiger partial charge in [0.1, 0.15) is 11.9 Å². The Morgan fingerprint density at radius 3 is 2.44 bits per heavy atom. The van der Waals surface area contributed by atoms with Crippen LogP contribution in [-0.2, 0) is 11.2 Å². The van der Waals surface area contributed by atoms with Crippen molar-refractivity contribution in [2.24, 2.45) is 11.8 Å². The number of aryl methyl sites for hydroxylation is 1. The summed E-state index contributed by atoms with van der Waals surface area (Å²) in [6, 6.07) is 14.3. The number of hydrogen-bond donors (Lipinski definition) is 1. The van der Waals surface area contributed by atoms with Crippen molar-refractivity contribution in [3.05, 3.63) is 71.0 Å². The first kappa shape index (κ1) is 29.0. The van der Waals surface area contributed by atoms with Crippen LogP contribution in [0.5, 0.6) is 0 Å². The van der Waals surface area contributed by atoms with Gasteiger partial charge in [-0.1, -0.05) is 30.7 Å². The third kappa shape index (κ3) is 8.26. The van der Waals surface area contributed by atoms with Crippen molar-refractivity contribution in [2.45, 2.75) is 56.7 Å². The summed E-state index contributed by atoms with van der Waals surface area (Å²) in [5.74, 6) is -1.60. The predicted octanol–water partition coefficient (Wildman–Crippen LogP) is 5.85. The molecule has 0 aliphatic carbocycles. The number of alkyl halides is 3. The lowest BCUT2D eigenvalue weighted by Gasteiger charge is -2.35. The fourth-order valence-corrected chi connectivity index (χ4v) is 6.18. The summed E-state index contributed by atoms with van der Waals surface area (Å²) < 4.78 is 53.5. The van der Waals surface area contributed by atoms with Gasteiger partial charge in [0.2, 0.25) is 0 Å². The number of piperidine rings is 1. The van der Waals surface area contributed by atoms with E-state index in [1.807, 2.05) is 24.3 Å². The van der Waals surface area contributed by atoms with Crippen LogP contribution >= 0.6 is 0 Å². The lowest BCUT2D eigenvalue weighted by Crippen LogP contribution is -2.43. The Morgan fingerprint density at radius 1 is 1.10 bits per heavy atom. The number of likely N-dealkylation sites (tertiary alicyclic amines) is 2. The van der Waals surface area contributed by atoms with Gasteiger partial charge in [0.25, 0.3) is 0 Å². The molecule has 0 aromatic heterocycles. The normalized spacial score (nSPS) is 22.0. The molecule has 2 aliphatic heterocycles. The van der Waals surface area contributed by atoms with Crippen molar-refractivity contribution in [1.82, 2.24) is 9.80 Å². The van der Waals surface area contributed by atoms with Crippen LogP contribution in [-0.4, -0.2) is 65.8 Å². The Bertz CT molecular complexity index is 1140. The minimum Gasteiger partial charge on any atom is -0.480 e. The zero-order valence-corrected chi connectivity index (χ0v) is 21.9. The molecule has 2 aromatic carbocycles. The van der Waals surface area contributed by atoms with E-state index >= 15 is 0 Å². The van der Waals surface area contributed by atoms with Gasteiger partial charge in [-0.3, -0.25) is 9.69 Å². The Morgan fingerprint density at radius 2 is 1.82 bits per heavy atom. The molecule has 9 heteroatoms. The van der Waals surface area contributed by atoms with Gasteiger partial charge in [0.05, 0.1) is 18.1 Å². The van der Waals surface area contributed by atoms with Crippen LogP contribution in [0.15, 0.2) is 48.5 Å². The summed E-state index contributed by atoms with van der Waals surface area (Å²) in [5, 5.41) is 18.5. The molecule has 0 saturated carbocycles. The standard InChI is InChI=1S/C30H35F4N3O2/c31-26-6-2-5-24(15-26)27-20-37(28(29(38)39)16-30(32,33)34)19-25(27)18-36-13-11-22(12-14-36)4-1-3-21-7-9-23(17-35)10-8-21/h2,5-10,15,22,25,27-28H,1,3-4,11-14,16,18-20H2,(H,38,39)/t25?,27?,28-/m0/s1. The molecule has 3 atom stereocenters. The van der Waals surface area contributed by atoms with Gasteiger partial charge in [0, 0.05) is 25.6 Å². The molecule has 2 aromatic rings. The quantitative estimate of drug-likeness (QED) is 0.379. The number of hydrogen-bond acceptors (Lipinski definition) is 4. The van der Waals surface area contributed by atoms with Crippen LogP contribution in [0, 0.1) is 29.0 Å². The van der Waals surface area contributed by atoms with E-state index in [9.17, 15) is 27.5 Å². The second kappa shape index (κ2) is 12.9. The van der Waals surface area contributed by atoms with Crippen molar-refractivity contribution in [2.75, 3.05) is 32.7 Å². The molecule has 1 N–H and O–H groups in total. The van der Waals surface area contributed by atoms with E-state index in [1.54, 1.807) is 12.1 Å². The molecule has 0 radical (unpaired) electrons. The topological polar surface area (TPSA) is 67.6 Å². The van der Waals surface area contributed by atoms with Gasteiger partial charge in [-0.25, -0.2) is 4.39 Å². The van der Waals surface area contributed by atoms with Gasteiger partial charge in [-0.2, -0.15) is 18.4 Å². The first-order valence-electron chi connectivity index (χ1n) is 13.6. The molecule has 5 nitrogen and oxygen atoms in total. The number of halogens is 4. The number of aliphatic carboxylic acids is 1. The van der Waals surface area contributed by atoms with E-state index in [-0.39, 0.29) is 24.9 Å². The predicted molar refractivity (Wildman–Crippen MR) is 140 cm³/mol. The number of nitrogens with zero attached hydrogens (tertiary/aromatic N) is 3. The largest absolute Gasteiger partial charge is 0.480 e. The van der Waals surface area contributed by atoms with E-state index < -0.39 is 30.4 Å². The Balaban J connectivity index is 1.33. The van der Waals surface area contributed by atoms with Crippen LogP contribution in [0.3, 0.4) is 0 Å². The zero-order chi connectivity index (χ0) is 28.0. The number of carboxylic acids is 1. The van der Waals surface area contributed by atoms with Crippen molar-refractivity contribution in [3.63, 3.8) is 0 Å². The van der Waals surface area contributed by atoms with Crippen LogP contribution in [0.1, 0.15) is 54.7 Å². The lowest BCUT2D eigenvalue weighted by molar-refractivity contribution is -0.165. The molecule has 0 spiro atoms. The van der Waals surface area contributed by atoms with Crippen LogP contribution in [0.25, 0.3) is 0 Å². The number of carbonyl (C=O) groups is 1. The number of carboxylic acid groups (broad SMARTS) is 1. The first-order chi connectivity index (χ1) is 18.6. The van der Waals surface area contributed by atoms with Crippen LogP contribution < -0.4 is 0 Å². The minimum atomic E-state index is -4.59. The summed E-state index contributed by atoms with van der Waals surface area (Å²) >= 11 is 0. The molecule has 2 heterocycles. The molecule has 0 bridgehead atoms. The summed E-state index contributed by atoms with van der Waals surface area (Å²) in [4.78, 5) is 15.5. The van der Waals surface area contributed by atoms with E-state index in [4.69, 9.17) is 5.26 Å². The molecular weight excluding hydrogens is 510 g/mol. The van der Waals surface area contributed by atoms with E-state index in [0.717, 1.165) is 45.2 Å². The molecule has 2 unspecified atom stereocenters. The summed E-state index contributed by atoms with van der Waals surface area (Å²) in [5.41, 5.74) is 2.59. The molecular formula is C30H35F4N3O2. The Kier molecular flexibility index (Phi) is 9.62. The van der Waals surface area contributed by atoms with Crippen LogP contribution in [0.4, 0.5) is 17.6 Å². The van der Waals surface area contributed by atoms with Gasteiger partial charge >= 0.3 is 12.1 Å². The minimum absolute atomic E-state index is 0.0881. The highest BCUT2D eigenvalue weighted by molar-refractivity contribution is 5.73. The molecule has 2 aliphatic rings. The monoisotopic (exact) mass is 545 g/mol. The maximum Gasteiger partial charge on any atom is 0.391 e.